The van der Waals surface area contributed by atoms with E-state index in [-0.39, 0.29) is 33.5 Å². The molecular formula is C27H25N3O5S. The summed E-state index contributed by atoms with van der Waals surface area (Å²) < 4.78 is 34.5. The van der Waals surface area contributed by atoms with Gasteiger partial charge in [-0.15, -0.1) is 0 Å². The van der Waals surface area contributed by atoms with Crippen molar-refractivity contribution in [2.75, 3.05) is 10.9 Å². The number of carbonyl (C=O) groups is 1. The highest BCUT2D eigenvalue weighted by Crippen LogP contribution is 2.36. The van der Waals surface area contributed by atoms with E-state index in [0.717, 1.165) is 9.87 Å². The maximum Gasteiger partial charge on any atom is 0.341 e. The van der Waals surface area contributed by atoms with E-state index in [2.05, 4.69) is 9.97 Å². The molecule has 4 aromatic rings. The van der Waals surface area contributed by atoms with Crippen LogP contribution in [-0.2, 0) is 10.0 Å². The molecule has 0 unspecified atom stereocenters. The smallest absolute Gasteiger partial charge is 0.341 e. The van der Waals surface area contributed by atoms with Crippen LogP contribution < -0.4 is 9.04 Å². The molecule has 0 radical (unpaired) electrons. The maximum atomic E-state index is 14.0. The van der Waals surface area contributed by atoms with E-state index >= 15 is 0 Å². The second-order valence-electron chi connectivity index (χ2n) is 8.01. The number of sulfonamides is 1. The Morgan fingerprint density at radius 3 is 2.14 bits per heavy atom. The minimum Gasteiger partial charge on any atom is -0.494 e. The molecule has 9 heteroatoms. The minimum absolute atomic E-state index is 0.00384. The quantitative estimate of drug-likeness (QED) is 0.343. The highest BCUT2D eigenvalue weighted by atomic mass is 32.2. The monoisotopic (exact) mass is 503 g/mol. The van der Waals surface area contributed by atoms with E-state index in [1.807, 2.05) is 19.9 Å². The summed E-state index contributed by atoms with van der Waals surface area (Å²) in [5, 5.41) is 10.1. The van der Waals surface area contributed by atoms with Gasteiger partial charge in [0.25, 0.3) is 10.0 Å². The van der Waals surface area contributed by atoms with Gasteiger partial charge in [0.1, 0.15) is 11.3 Å². The van der Waals surface area contributed by atoms with E-state index in [1.165, 1.54) is 19.1 Å². The third-order valence-corrected chi connectivity index (χ3v) is 7.18. The molecule has 36 heavy (non-hydrogen) atoms. The fourth-order valence-corrected chi connectivity index (χ4v) is 5.16. The molecule has 0 saturated heterocycles. The van der Waals surface area contributed by atoms with Crippen molar-refractivity contribution in [2.24, 2.45) is 0 Å². The van der Waals surface area contributed by atoms with Crippen LogP contribution in [0.4, 0.5) is 11.5 Å². The van der Waals surface area contributed by atoms with Crippen molar-refractivity contribution in [3.05, 3.63) is 95.7 Å². The van der Waals surface area contributed by atoms with Gasteiger partial charge in [-0.1, -0.05) is 48.0 Å². The van der Waals surface area contributed by atoms with Crippen LogP contribution in [0, 0.1) is 13.8 Å². The molecule has 0 saturated carbocycles. The molecule has 1 aromatic heterocycles. The summed E-state index contributed by atoms with van der Waals surface area (Å²) in [6.07, 6.45) is 0. The number of carboxylic acid groups (broad SMARTS) is 1. The van der Waals surface area contributed by atoms with Crippen LogP contribution in [0.3, 0.4) is 0 Å². The highest BCUT2D eigenvalue weighted by molar-refractivity contribution is 7.93. The molecule has 0 amide bonds. The summed E-state index contributed by atoms with van der Waals surface area (Å²) in [7, 11) is -4.28. The molecule has 3 aromatic carbocycles. The van der Waals surface area contributed by atoms with Crippen molar-refractivity contribution in [3.8, 4) is 17.1 Å². The summed E-state index contributed by atoms with van der Waals surface area (Å²) in [6, 6.07) is 21.7. The lowest BCUT2D eigenvalue weighted by atomic mass is 10.1. The van der Waals surface area contributed by atoms with Crippen molar-refractivity contribution in [2.45, 2.75) is 25.7 Å². The van der Waals surface area contributed by atoms with Crippen LogP contribution in [-0.4, -0.2) is 36.1 Å². The fourth-order valence-electron chi connectivity index (χ4n) is 3.71. The number of carboxylic acids is 1. The van der Waals surface area contributed by atoms with Crippen molar-refractivity contribution in [3.63, 3.8) is 0 Å². The molecule has 1 heterocycles. The van der Waals surface area contributed by atoms with E-state index in [1.54, 1.807) is 60.7 Å². The van der Waals surface area contributed by atoms with Gasteiger partial charge in [-0.25, -0.2) is 27.5 Å². The molecular weight excluding hydrogens is 478 g/mol. The predicted molar refractivity (Wildman–Crippen MR) is 137 cm³/mol. The zero-order valence-electron chi connectivity index (χ0n) is 20.0. The maximum absolute atomic E-state index is 14.0. The van der Waals surface area contributed by atoms with Gasteiger partial charge in [0.2, 0.25) is 0 Å². The second kappa shape index (κ2) is 10.2. The molecule has 0 aliphatic carbocycles. The lowest BCUT2D eigenvalue weighted by Gasteiger charge is -2.26. The first-order valence-corrected chi connectivity index (χ1v) is 12.7. The molecule has 0 aliphatic heterocycles. The van der Waals surface area contributed by atoms with E-state index < -0.39 is 16.0 Å². The number of aromatic nitrogens is 2. The summed E-state index contributed by atoms with van der Waals surface area (Å²) in [5.41, 5.74) is 1.55. The summed E-state index contributed by atoms with van der Waals surface area (Å²) in [6.45, 7) is 5.66. The molecule has 0 fully saturated rings. The molecule has 184 valence electrons. The van der Waals surface area contributed by atoms with E-state index in [4.69, 9.17) is 4.74 Å². The van der Waals surface area contributed by atoms with Crippen LogP contribution in [0.15, 0.2) is 83.8 Å². The Labute approximate surface area is 209 Å². The number of rotatable bonds is 8. The molecule has 0 aliphatic rings. The average molecular weight is 504 g/mol. The zero-order chi connectivity index (χ0) is 25.9. The third-order valence-electron chi connectivity index (χ3n) is 5.45. The molecule has 1 N–H and O–H groups in total. The largest absolute Gasteiger partial charge is 0.494 e. The Bertz CT molecular complexity index is 1490. The average Bonchev–Trinajstić information content (AvgIpc) is 2.85. The summed E-state index contributed by atoms with van der Waals surface area (Å²) >= 11 is 0. The van der Waals surface area contributed by atoms with Gasteiger partial charge in [-0.3, -0.25) is 0 Å². The number of nitrogens with zero attached hydrogens (tertiary/aromatic N) is 3. The van der Waals surface area contributed by atoms with Crippen molar-refractivity contribution in [1.82, 2.24) is 9.97 Å². The third kappa shape index (κ3) is 4.92. The van der Waals surface area contributed by atoms with Crippen LogP contribution in [0.2, 0.25) is 0 Å². The Morgan fingerprint density at radius 2 is 1.56 bits per heavy atom. The number of benzene rings is 3. The van der Waals surface area contributed by atoms with Gasteiger partial charge in [0.05, 0.1) is 22.9 Å². The van der Waals surface area contributed by atoms with Crippen LogP contribution >= 0.6 is 0 Å². The van der Waals surface area contributed by atoms with Gasteiger partial charge < -0.3 is 9.84 Å². The van der Waals surface area contributed by atoms with E-state index in [9.17, 15) is 18.3 Å². The first-order valence-electron chi connectivity index (χ1n) is 11.2. The van der Waals surface area contributed by atoms with Gasteiger partial charge in [-0.05, 0) is 57.2 Å². The molecule has 0 bridgehead atoms. The van der Waals surface area contributed by atoms with Gasteiger partial charge in [-0.2, -0.15) is 0 Å². The molecule has 8 nitrogen and oxygen atoms in total. The van der Waals surface area contributed by atoms with Crippen molar-refractivity contribution < 1.29 is 23.1 Å². The SMILES string of the molecule is CCOc1ccc(N(c2nc(-c3ccccc3)nc(C)c2C(=O)O)S(=O)(=O)c2ccc(C)cc2)cc1. The fraction of sp³-hybridized carbons (Fsp3) is 0.148. The van der Waals surface area contributed by atoms with Crippen LogP contribution in [0.25, 0.3) is 11.4 Å². The zero-order valence-corrected chi connectivity index (χ0v) is 20.9. The first-order chi connectivity index (χ1) is 17.2. The number of anilines is 2. The standard InChI is InChI=1S/C27H25N3O5S/c1-4-35-22-14-12-21(13-15-22)30(36(33,34)23-16-10-18(2)11-17-23)26-24(27(31)32)19(3)28-25(29-26)20-8-6-5-7-9-20/h5-17H,4H2,1-3H3,(H,31,32). The Kier molecular flexibility index (Phi) is 7.03. The lowest BCUT2D eigenvalue weighted by molar-refractivity contribution is 0.0696. The van der Waals surface area contributed by atoms with Gasteiger partial charge in [0, 0.05) is 5.56 Å². The molecule has 0 atom stereocenters. The minimum atomic E-state index is -4.28. The summed E-state index contributed by atoms with van der Waals surface area (Å²) in [4.78, 5) is 21.2. The number of hydrogen-bond donors (Lipinski definition) is 1. The number of ether oxygens (including phenoxy) is 1. The Morgan fingerprint density at radius 1 is 0.917 bits per heavy atom. The number of aryl methyl sites for hydroxylation is 2. The number of hydrogen-bond acceptors (Lipinski definition) is 6. The normalized spacial score (nSPS) is 11.2. The van der Waals surface area contributed by atoms with Crippen LogP contribution in [0.1, 0.15) is 28.5 Å². The van der Waals surface area contributed by atoms with Crippen molar-refractivity contribution >= 4 is 27.5 Å². The summed E-state index contributed by atoms with van der Waals surface area (Å²) in [5.74, 6) is -0.824. The molecule has 0 spiro atoms. The Balaban J connectivity index is 2.02. The topological polar surface area (TPSA) is 110 Å². The first kappa shape index (κ1) is 24.9. The second-order valence-corrected chi connectivity index (χ2v) is 9.80. The number of aromatic carboxylic acids is 1. The highest BCUT2D eigenvalue weighted by Gasteiger charge is 2.33. The Hall–Kier alpha value is -4.24. The predicted octanol–water partition coefficient (Wildman–Crippen LogP) is 5.38. The van der Waals surface area contributed by atoms with E-state index in [0.29, 0.717) is 17.9 Å². The van der Waals surface area contributed by atoms with Gasteiger partial charge >= 0.3 is 5.97 Å². The van der Waals surface area contributed by atoms with Crippen LogP contribution in [0.5, 0.6) is 5.75 Å². The lowest BCUT2D eigenvalue weighted by Crippen LogP contribution is -2.29. The van der Waals surface area contributed by atoms with Gasteiger partial charge in [0.15, 0.2) is 11.6 Å². The van der Waals surface area contributed by atoms with Crippen molar-refractivity contribution in [1.29, 1.82) is 0 Å². The molecule has 4 rings (SSSR count).